The van der Waals surface area contributed by atoms with Crippen LogP contribution >= 0.6 is 11.3 Å². The lowest BCUT2D eigenvalue weighted by molar-refractivity contribution is -0.120. The Morgan fingerprint density at radius 2 is 1.54 bits per heavy atom. The van der Waals surface area contributed by atoms with Crippen molar-refractivity contribution in [2.45, 2.75) is 52.7 Å². The molecular formula is C35H40N6O6S. The minimum absolute atomic E-state index is 0.0584. The Bertz CT molecular complexity index is 1990. The molecule has 0 bridgehead atoms. The lowest BCUT2D eigenvalue weighted by Crippen LogP contribution is -2.43. The van der Waals surface area contributed by atoms with Crippen molar-refractivity contribution >= 4 is 55.6 Å². The number of carbonyl (C=O) groups excluding carboxylic acids is 3. The van der Waals surface area contributed by atoms with Gasteiger partial charge in [0, 0.05) is 37.9 Å². The van der Waals surface area contributed by atoms with E-state index in [0.29, 0.717) is 59.1 Å². The second-order valence-corrected chi connectivity index (χ2v) is 14.8. The van der Waals surface area contributed by atoms with Crippen LogP contribution in [0.4, 0.5) is 14.6 Å². The number of fused-ring (bicyclic) bond motifs is 2. The molecule has 1 aliphatic heterocycles. The number of carbonyl (C=O) groups is 3. The number of likely N-dealkylation sites (N-methyl/N-ethyl adjacent to an activating group) is 1. The number of morpholine rings is 1. The zero-order chi connectivity index (χ0) is 34.4. The molecule has 13 heteroatoms. The van der Waals surface area contributed by atoms with Crippen molar-refractivity contribution in [3.8, 4) is 22.5 Å². The Balaban J connectivity index is 1.48. The van der Waals surface area contributed by atoms with Crippen LogP contribution in [0.1, 0.15) is 41.5 Å². The molecular weight excluding hydrogens is 632 g/mol. The summed E-state index contributed by atoms with van der Waals surface area (Å²) in [4.78, 5) is 48.5. The highest BCUT2D eigenvalue weighted by molar-refractivity contribution is 7.23. The summed E-state index contributed by atoms with van der Waals surface area (Å²) >= 11 is 1.39. The van der Waals surface area contributed by atoms with E-state index in [4.69, 9.17) is 19.3 Å². The van der Waals surface area contributed by atoms with Crippen LogP contribution in [0, 0.1) is 0 Å². The van der Waals surface area contributed by atoms with Crippen molar-refractivity contribution in [3.05, 3.63) is 54.9 Å². The molecule has 252 valence electrons. The van der Waals surface area contributed by atoms with E-state index in [1.54, 1.807) is 65.9 Å². The molecule has 1 aromatic carbocycles. The first-order valence-electron chi connectivity index (χ1n) is 15.8. The summed E-state index contributed by atoms with van der Waals surface area (Å²) in [7, 11) is 1.74. The lowest BCUT2D eigenvalue weighted by atomic mass is 10.0. The van der Waals surface area contributed by atoms with Gasteiger partial charge in [0.05, 0.1) is 41.2 Å². The standard InChI is InChI=1S/C35H40N6O6S/c1-34(2,3)46-32(43)40-26-20-30(38(7)29(42)21-39-14-16-45-17-15-39)48-28(26)19-27(40)31-24-9-8-23(22-10-12-36-13-11-22)18-25(24)41(37-31)33(44)47-35(4,5)6/h8-13,18-20H,14-17,21H2,1-7H3. The van der Waals surface area contributed by atoms with Crippen LogP contribution in [0.3, 0.4) is 0 Å². The van der Waals surface area contributed by atoms with Crippen LogP contribution in [-0.2, 0) is 19.0 Å². The Labute approximate surface area is 282 Å². The second kappa shape index (κ2) is 12.8. The third-order valence-electron chi connectivity index (χ3n) is 7.72. The van der Waals surface area contributed by atoms with Gasteiger partial charge in [-0.3, -0.25) is 14.7 Å². The predicted octanol–water partition coefficient (Wildman–Crippen LogP) is 6.64. The maximum absolute atomic E-state index is 13.9. The van der Waals surface area contributed by atoms with E-state index in [-0.39, 0.29) is 12.5 Å². The van der Waals surface area contributed by atoms with Crippen LogP contribution in [-0.4, -0.2) is 93.4 Å². The number of anilines is 1. The zero-order valence-corrected chi connectivity index (χ0v) is 29.1. The fraction of sp³-hybridized carbons (Fsp3) is 0.400. The predicted molar refractivity (Wildman–Crippen MR) is 186 cm³/mol. The van der Waals surface area contributed by atoms with E-state index in [9.17, 15) is 14.4 Å². The molecule has 0 saturated carbocycles. The summed E-state index contributed by atoms with van der Waals surface area (Å²) in [6.45, 7) is 13.7. The number of amides is 1. The average molecular weight is 673 g/mol. The summed E-state index contributed by atoms with van der Waals surface area (Å²) in [6, 6.07) is 13.2. The van der Waals surface area contributed by atoms with Gasteiger partial charge in [-0.25, -0.2) is 14.2 Å². The van der Waals surface area contributed by atoms with E-state index in [2.05, 4.69) is 9.88 Å². The first-order chi connectivity index (χ1) is 22.7. The molecule has 0 N–H and O–H groups in total. The summed E-state index contributed by atoms with van der Waals surface area (Å²) in [5, 5.41) is 6.10. The van der Waals surface area contributed by atoms with E-state index in [1.165, 1.54) is 20.6 Å². The monoisotopic (exact) mass is 672 g/mol. The van der Waals surface area contributed by atoms with Gasteiger partial charge in [-0.15, -0.1) is 11.3 Å². The highest BCUT2D eigenvalue weighted by Crippen LogP contribution is 2.40. The zero-order valence-electron chi connectivity index (χ0n) is 28.3. The molecule has 1 saturated heterocycles. The second-order valence-electron chi connectivity index (χ2n) is 13.7. The smallest absolute Gasteiger partial charge is 0.435 e. The topological polar surface area (TPSA) is 121 Å². The van der Waals surface area contributed by atoms with E-state index < -0.39 is 23.4 Å². The van der Waals surface area contributed by atoms with Crippen molar-refractivity contribution in [2.24, 2.45) is 0 Å². The largest absolute Gasteiger partial charge is 0.443 e. The number of thiophene rings is 1. The highest BCUT2D eigenvalue weighted by Gasteiger charge is 2.30. The van der Waals surface area contributed by atoms with E-state index >= 15 is 0 Å². The van der Waals surface area contributed by atoms with Crippen molar-refractivity contribution in [1.82, 2.24) is 24.2 Å². The Hall–Kier alpha value is -4.59. The fourth-order valence-electron chi connectivity index (χ4n) is 5.47. The molecule has 4 aromatic heterocycles. The molecule has 5 aromatic rings. The van der Waals surface area contributed by atoms with Crippen LogP contribution in [0.15, 0.2) is 54.9 Å². The summed E-state index contributed by atoms with van der Waals surface area (Å²) in [5.41, 5.74) is 2.17. The van der Waals surface area contributed by atoms with Gasteiger partial charge in [-0.2, -0.15) is 9.78 Å². The number of hydrogen-bond donors (Lipinski definition) is 0. The third-order valence-corrected chi connectivity index (χ3v) is 8.87. The number of hydrogen-bond acceptors (Lipinski definition) is 10. The SMILES string of the molecule is CN(C(=O)CN1CCOCC1)c1cc2c(cc(-c3nn(C(=O)OC(C)(C)C)c4cc(-c5ccncc5)ccc34)n2C(=O)OC(C)(C)C)s1. The molecule has 1 amide bonds. The number of pyridine rings is 1. The molecule has 6 rings (SSSR count). The van der Waals surface area contributed by atoms with Gasteiger partial charge < -0.3 is 19.1 Å². The molecule has 5 heterocycles. The van der Waals surface area contributed by atoms with E-state index in [1.807, 2.05) is 42.5 Å². The van der Waals surface area contributed by atoms with Gasteiger partial charge in [0.1, 0.15) is 21.9 Å². The number of benzene rings is 1. The van der Waals surface area contributed by atoms with E-state index in [0.717, 1.165) is 15.8 Å². The molecule has 48 heavy (non-hydrogen) atoms. The maximum atomic E-state index is 13.9. The van der Waals surface area contributed by atoms with Gasteiger partial charge in [0.25, 0.3) is 0 Å². The number of nitrogens with zero attached hydrogens (tertiary/aromatic N) is 6. The Morgan fingerprint density at radius 1 is 0.875 bits per heavy atom. The van der Waals surface area contributed by atoms with Crippen molar-refractivity contribution in [1.29, 1.82) is 0 Å². The maximum Gasteiger partial charge on any atom is 0.435 e. The first-order valence-corrected chi connectivity index (χ1v) is 16.6. The normalized spacial score (nSPS) is 14.4. The highest BCUT2D eigenvalue weighted by atomic mass is 32.1. The van der Waals surface area contributed by atoms with Crippen LogP contribution in [0.5, 0.6) is 0 Å². The molecule has 0 atom stereocenters. The fourth-order valence-corrected chi connectivity index (χ4v) is 6.53. The Kier molecular flexibility index (Phi) is 8.88. The molecule has 0 unspecified atom stereocenters. The van der Waals surface area contributed by atoms with Gasteiger partial charge in [-0.05, 0) is 89.1 Å². The minimum atomic E-state index is -0.786. The third kappa shape index (κ3) is 6.98. The quantitative estimate of drug-likeness (QED) is 0.202. The average Bonchev–Trinajstić information content (AvgIpc) is 3.70. The number of aromatic nitrogens is 4. The van der Waals surface area contributed by atoms with Gasteiger partial charge in [0.2, 0.25) is 5.91 Å². The summed E-state index contributed by atoms with van der Waals surface area (Å²) < 4.78 is 20.5. The molecule has 0 radical (unpaired) electrons. The van der Waals surface area contributed by atoms with Crippen molar-refractivity contribution in [3.63, 3.8) is 0 Å². The van der Waals surface area contributed by atoms with Gasteiger partial charge in [-0.1, -0.05) is 6.07 Å². The molecule has 0 aliphatic carbocycles. The number of rotatable bonds is 5. The van der Waals surface area contributed by atoms with Gasteiger partial charge in [0.15, 0.2) is 0 Å². The molecule has 12 nitrogen and oxygen atoms in total. The van der Waals surface area contributed by atoms with Crippen molar-refractivity contribution < 1.29 is 28.6 Å². The summed E-state index contributed by atoms with van der Waals surface area (Å²) in [5.74, 6) is -0.0584. The molecule has 1 aliphatic rings. The van der Waals surface area contributed by atoms with Gasteiger partial charge >= 0.3 is 12.2 Å². The van der Waals surface area contributed by atoms with Crippen LogP contribution < -0.4 is 4.90 Å². The van der Waals surface area contributed by atoms with Crippen LogP contribution in [0.25, 0.3) is 43.6 Å². The first kappa shape index (κ1) is 33.3. The van der Waals surface area contributed by atoms with Crippen LogP contribution in [0.2, 0.25) is 0 Å². The number of ether oxygens (including phenoxy) is 3. The Morgan fingerprint density at radius 3 is 2.21 bits per heavy atom. The molecule has 1 fully saturated rings. The summed E-state index contributed by atoms with van der Waals surface area (Å²) in [6.07, 6.45) is 2.16. The van der Waals surface area contributed by atoms with Crippen molar-refractivity contribution in [2.75, 3.05) is 44.8 Å². The minimum Gasteiger partial charge on any atom is -0.443 e. The lowest BCUT2D eigenvalue weighted by Gasteiger charge is -2.27. The molecule has 0 spiro atoms.